The van der Waals surface area contributed by atoms with Gasteiger partial charge < -0.3 is 5.32 Å². The van der Waals surface area contributed by atoms with Gasteiger partial charge in [-0.15, -0.1) is 10.2 Å². The maximum absolute atomic E-state index is 12.9. The average molecular weight is 302 g/mol. The summed E-state index contributed by atoms with van der Waals surface area (Å²) in [5.74, 6) is -0.198. The molecule has 0 atom stereocenters. The number of rotatable bonds is 4. The summed E-state index contributed by atoms with van der Waals surface area (Å²) in [6.45, 7) is 0.713. The monoisotopic (exact) mass is 301 g/mol. The van der Waals surface area contributed by atoms with Crippen molar-refractivity contribution in [3.8, 4) is 0 Å². The first-order valence-electron chi connectivity index (χ1n) is 4.71. The summed E-state index contributed by atoms with van der Waals surface area (Å²) < 4.78 is 13.6. The lowest BCUT2D eigenvalue weighted by molar-refractivity contribution is 0.625. The van der Waals surface area contributed by atoms with Gasteiger partial charge in [-0.1, -0.05) is 23.5 Å². The number of halogens is 2. The van der Waals surface area contributed by atoms with Crippen molar-refractivity contribution in [2.24, 2.45) is 0 Å². The Morgan fingerprint density at radius 1 is 1.38 bits per heavy atom. The fourth-order valence-corrected chi connectivity index (χ4v) is 2.32. The number of aromatic nitrogens is 2. The van der Waals surface area contributed by atoms with Crippen molar-refractivity contribution in [3.05, 3.63) is 39.6 Å². The van der Waals surface area contributed by atoms with Gasteiger partial charge in [-0.3, -0.25) is 0 Å². The molecule has 0 unspecified atom stereocenters. The van der Waals surface area contributed by atoms with E-state index in [2.05, 4.69) is 31.4 Å². The van der Waals surface area contributed by atoms with Gasteiger partial charge in [0.15, 0.2) is 3.92 Å². The molecule has 6 heteroatoms. The Morgan fingerprint density at radius 3 is 2.94 bits per heavy atom. The molecule has 1 aromatic carbocycles. The van der Waals surface area contributed by atoms with Gasteiger partial charge in [0.2, 0.25) is 5.13 Å². The summed E-state index contributed by atoms with van der Waals surface area (Å²) in [7, 11) is 0. The highest BCUT2D eigenvalue weighted by Gasteiger charge is 2.00. The van der Waals surface area contributed by atoms with E-state index in [9.17, 15) is 4.39 Å². The van der Waals surface area contributed by atoms with Gasteiger partial charge >= 0.3 is 0 Å². The topological polar surface area (TPSA) is 37.8 Å². The SMILES string of the molecule is Fc1cccc(CCNc2nnc(Br)s2)c1. The second-order valence-electron chi connectivity index (χ2n) is 3.17. The molecule has 0 aliphatic rings. The number of nitrogens with zero attached hydrogens (tertiary/aromatic N) is 2. The quantitative estimate of drug-likeness (QED) is 0.943. The minimum Gasteiger partial charge on any atom is -0.360 e. The van der Waals surface area contributed by atoms with E-state index in [-0.39, 0.29) is 5.82 Å². The van der Waals surface area contributed by atoms with Crippen LogP contribution < -0.4 is 5.32 Å². The van der Waals surface area contributed by atoms with Gasteiger partial charge in [-0.25, -0.2) is 4.39 Å². The molecule has 0 amide bonds. The molecule has 84 valence electrons. The number of benzene rings is 1. The van der Waals surface area contributed by atoms with Gasteiger partial charge in [0.05, 0.1) is 0 Å². The molecule has 0 radical (unpaired) electrons. The third-order valence-corrected chi connectivity index (χ3v) is 3.29. The van der Waals surface area contributed by atoms with Crippen LogP contribution in [0.25, 0.3) is 0 Å². The Hall–Kier alpha value is -1.01. The Balaban J connectivity index is 1.84. The molecular formula is C10H9BrFN3S. The van der Waals surface area contributed by atoms with Crippen LogP contribution in [0.2, 0.25) is 0 Å². The molecule has 0 saturated carbocycles. The van der Waals surface area contributed by atoms with Crippen LogP contribution in [0, 0.1) is 5.82 Å². The zero-order chi connectivity index (χ0) is 11.4. The molecule has 0 fully saturated rings. The van der Waals surface area contributed by atoms with Crippen molar-refractivity contribution < 1.29 is 4.39 Å². The average Bonchev–Trinajstić information content (AvgIpc) is 2.64. The first kappa shape index (κ1) is 11.5. The highest BCUT2D eigenvalue weighted by molar-refractivity contribution is 9.11. The van der Waals surface area contributed by atoms with E-state index >= 15 is 0 Å². The normalized spacial score (nSPS) is 10.4. The molecule has 1 heterocycles. The lowest BCUT2D eigenvalue weighted by Crippen LogP contribution is -2.04. The van der Waals surface area contributed by atoms with Crippen LogP contribution in [0.1, 0.15) is 5.56 Å². The second-order valence-corrected chi connectivity index (χ2v) is 5.42. The van der Waals surface area contributed by atoms with Crippen molar-refractivity contribution in [1.82, 2.24) is 10.2 Å². The fraction of sp³-hybridized carbons (Fsp3) is 0.200. The predicted octanol–water partition coefficient (Wildman–Crippen LogP) is 3.09. The minimum absolute atomic E-state index is 0.198. The zero-order valence-corrected chi connectivity index (χ0v) is 10.7. The summed E-state index contributed by atoms with van der Waals surface area (Å²) in [6, 6.07) is 6.60. The van der Waals surface area contributed by atoms with E-state index in [0.717, 1.165) is 21.0 Å². The van der Waals surface area contributed by atoms with E-state index < -0.39 is 0 Å². The molecule has 1 N–H and O–H groups in total. The summed E-state index contributed by atoms with van der Waals surface area (Å²) in [5.41, 5.74) is 0.969. The summed E-state index contributed by atoms with van der Waals surface area (Å²) in [6.07, 6.45) is 0.759. The molecule has 0 aliphatic heterocycles. The van der Waals surface area contributed by atoms with Gasteiger partial charge in [-0.2, -0.15) is 0 Å². The molecular weight excluding hydrogens is 293 g/mol. The molecule has 2 rings (SSSR count). The molecule has 3 nitrogen and oxygen atoms in total. The van der Waals surface area contributed by atoms with Crippen LogP contribution in [-0.4, -0.2) is 16.7 Å². The van der Waals surface area contributed by atoms with Crippen molar-refractivity contribution in [2.75, 3.05) is 11.9 Å². The Morgan fingerprint density at radius 2 is 2.25 bits per heavy atom. The molecule has 2 aromatic rings. The highest BCUT2D eigenvalue weighted by Crippen LogP contribution is 2.19. The highest BCUT2D eigenvalue weighted by atomic mass is 79.9. The van der Waals surface area contributed by atoms with Gasteiger partial charge in [0, 0.05) is 6.54 Å². The van der Waals surface area contributed by atoms with Crippen molar-refractivity contribution in [3.63, 3.8) is 0 Å². The zero-order valence-electron chi connectivity index (χ0n) is 8.28. The third kappa shape index (κ3) is 3.24. The lowest BCUT2D eigenvalue weighted by Gasteiger charge is -2.02. The maximum Gasteiger partial charge on any atom is 0.206 e. The van der Waals surface area contributed by atoms with Crippen molar-refractivity contribution in [2.45, 2.75) is 6.42 Å². The van der Waals surface area contributed by atoms with Crippen LogP contribution in [-0.2, 0) is 6.42 Å². The van der Waals surface area contributed by atoms with Crippen LogP contribution in [0.3, 0.4) is 0 Å². The number of hydrogen-bond donors (Lipinski definition) is 1. The molecule has 1 aromatic heterocycles. The third-order valence-electron chi connectivity index (χ3n) is 1.98. The Labute approximate surface area is 105 Å². The second kappa shape index (κ2) is 5.36. The van der Waals surface area contributed by atoms with Crippen LogP contribution >= 0.6 is 27.3 Å². The molecule has 0 saturated heterocycles. The summed E-state index contributed by atoms with van der Waals surface area (Å²) >= 11 is 4.67. The first-order valence-corrected chi connectivity index (χ1v) is 6.32. The standard InChI is InChI=1S/C10H9BrFN3S/c11-9-14-15-10(16-9)13-5-4-7-2-1-3-8(12)6-7/h1-3,6H,4-5H2,(H,13,15). The Bertz CT molecular complexity index is 475. The summed E-state index contributed by atoms with van der Waals surface area (Å²) in [5, 5.41) is 11.6. The Kier molecular flexibility index (Phi) is 3.84. The molecule has 0 bridgehead atoms. The van der Waals surface area contributed by atoms with Crippen LogP contribution in [0.5, 0.6) is 0 Å². The van der Waals surface area contributed by atoms with Crippen LogP contribution in [0.4, 0.5) is 9.52 Å². The number of anilines is 1. The van der Waals surface area contributed by atoms with Gasteiger partial charge in [-0.05, 0) is 40.0 Å². The van der Waals surface area contributed by atoms with E-state index in [4.69, 9.17) is 0 Å². The van der Waals surface area contributed by atoms with E-state index in [0.29, 0.717) is 6.54 Å². The van der Waals surface area contributed by atoms with Crippen molar-refractivity contribution in [1.29, 1.82) is 0 Å². The van der Waals surface area contributed by atoms with E-state index in [1.807, 2.05) is 6.07 Å². The first-order chi connectivity index (χ1) is 7.74. The largest absolute Gasteiger partial charge is 0.360 e. The minimum atomic E-state index is -0.198. The van der Waals surface area contributed by atoms with Gasteiger partial charge in [0.1, 0.15) is 5.82 Å². The predicted molar refractivity (Wildman–Crippen MR) is 66.2 cm³/mol. The van der Waals surface area contributed by atoms with E-state index in [1.54, 1.807) is 6.07 Å². The summed E-state index contributed by atoms with van der Waals surface area (Å²) in [4.78, 5) is 0. The number of hydrogen-bond acceptors (Lipinski definition) is 4. The molecule has 16 heavy (non-hydrogen) atoms. The number of nitrogens with one attached hydrogen (secondary N) is 1. The lowest BCUT2D eigenvalue weighted by atomic mass is 10.1. The molecule has 0 aliphatic carbocycles. The molecule has 0 spiro atoms. The fourth-order valence-electron chi connectivity index (χ4n) is 1.28. The van der Waals surface area contributed by atoms with E-state index in [1.165, 1.54) is 23.5 Å². The van der Waals surface area contributed by atoms with Gasteiger partial charge in [0.25, 0.3) is 0 Å². The van der Waals surface area contributed by atoms with Crippen LogP contribution in [0.15, 0.2) is 28.2 Å². The maximum atomic E-state index is 12.9. The smallest absolute Gasteiger partial charge is 0.206 e. The van der Waals surface area contributed by atoms with Crippen molar-refractivity contribution >= 4 is 32.4 Å².